The monoisotopic (exact) mass is 274 g/mol. The summed E-state index contributed by atoms with van der Waals surface area (Å²) in [6, 6.07) is 5.37. The van der Waals surface area contributed by atoms with Gasteiger partial charge in [-0.05, 0) is 0 Å². The fraction of sp³-hybridized carbons (Fsp3) is 0. The van der Waals surface area contributed by atoms with E-state index in [9.17, 15) is 4.79 Å². The van der Waals surface area contributed by atoms with Crippen molar-refractivity contribution >= 4 is 48.4 Å². The summed E-state index contributed by atoms with van der Waals surface area (Å²) in [7, 11) is 0. The van der Waals surface area contributed by atoms with E-state index in [-0.39, 0.29) is 0 Å². The maximum atomic E-state index is 10.6. The van der Waals surface area contributed by atoms with Crippen LogP contribution in [0, 0.1) is 0 Å². The van der Waals surface area contributed by atoms with Crippen molar-refractivity contribution in [2.45, 2.75) is 0 Å². The van der Waals surface area contributed by atoms with E-state index in [2.05, 4.69) is 0 Å². The molecule has 0 heterocycles. The third-order valence-corrected chi connectivity index (χ3v) is 5.25. The minimum atomic E-state index is -0.830. The van der Waals surface area contributed by atoms with Crippen LogP contribution < -0.4 is 8.70 Å². The molecular weight excluding hydrogens is 266 g/mol. The Kier molecular flexibility index (Phi) is 2.81. The molecule has 4 heteroatoms. The summed E-state index contributed by atoms with van der Waals surface area (Å²) in [5.41, 5.74) is 0.437. The summed E-state index contributed by atoms with van der Waals surface area (Å²) in [5, 5.41) is 8.71. The number of hydrogen-bond donors (Lipinski definition) is 1. The molecule has 0 amide bonds. The van der Waals surface area contributed by atoms with Crippen molar-refractivity contribution in [3.63, 3.8) is 0 Å². The molecular formula is C7H8As2O2. The number of carbonyl (C=O) groups is 1. The molecule has 1 aromatic carbocycles. The second-order valence-electron chi connectivity index (χ2n) is 2.11. The Labute approximate surface area is 82.0 Å². The Hall–Kier alpha value is -0.193. The molecule has 2 unspecified atom stereocenters. The number of carboxylic acids is 1. The summed E-state index contributed by atoms with van der Waals surface area (Å²) in [5.74, 6) is -0.830. The zero-order chi connectivity index (χ0) is 8.43. The molecule has 2 atom stereocenters. The molecule has 0 saturated heterocycles. The number of aromatic carboxylic acids is 1. The molecule has 1 rings (SSSR count). The fourth-order valence-electron chi connectivity index (χ4n) is 0.770. The van der Waals surface area contributed by atoms with Crippen LogP contribution in [0.25, 0.3) is 0 Å². The average molecular weight is 274 g/mol. The Morgan fingerprint density at radius 1 is 1.36 bits per heavy atom. The molecule has 0 saturated carbocycles. The quantitative estimate of drug-likeness (QED) is 0.596. The van der Waals surface area contributed by atoms with Crippen molar-refractivity contribution in [2.75, 3.05) is 0 Å². The summed E-state index contributed by atoms with van der Waals surface area (Å²) in [4.78, 5) is 10.6. The van der Waals surface area contributed by atoms with Gasteiger partial charge >= 0.3 is 82.0 Å². The molecule has 1 N–H and O–H groups in total. The van der Waals surface area contributed by atoms with Gasteiger partial charge in [0.25, 0.3) is 0 Å². The molecule has 0 spiro atoms. The molecule has 0 aliphatic carbocycles. The standard InChI is InChI=1S/C7H8As2O2/c8-5-3-1-2-4(6(5)9)7(10)11/h1-3H,8-9H2,(H,10,11). The van der Waals surface area contributed by atoms with Crippen LogP contribution >= 0.6 is 0 Å². The van der Waals surface area contributed by atoms with Crippen LogP contribution in [0.3, 0.4) is 0 Å². The van der Waals surface area contributed by atoms with Crippen molar-refractivity contribution in [1.29, 1.82) is 0 Å². The van der Waals surface area contributed by atoms with Gasteiger partial charge in [0.1, 0.15) is 0 Å². The first-order chi connectivity index (χ1) is 5.13. The zero-order valence-corrected chi connectivity index (χ0v) is 10.6. The molecule has 0 bridgehead atoms. The van der Waals surface area contributed by atoms with E-state index in [0.717, 1.165) is 8.70 Å². The van der Waals surface area contributed by atoms with E-state index in [1.807, 2.05) is 6.07 Å². The van der Waals surface area contributed by atoms with Crippen LogP contribution in [-0.4, -0.2) is 44.8 Å². The maximum absolute atomic E-state index is 10.6. The van der Waals surface area contributed by atoms with Crippen LogP contribution in [0.2, 0.25) is 0 Å². The number of rotatable bonds is 1. The molecule has 2 nitrogen and oxygen atoms in total. The molecule has 11 heavy (non-hydrogen) atoms. The van der Waals surface area contributed by atoms with Crippen LogP contribution in [0.5, 0.6) is 0 Å². The van der Waals surface area contributed by atoms with Crippen LogP contribution in [0.15, 0.2) is 18.2 Å². The van der Waals surface area contributed by atoms with Gasteiger partial charge in [-0.3, -0.25) is 0 Å². The molecule has 0 aliphatic rings. The van der Waals surface area contributed by atoms with Gasteiger partial charge in [0, 0.05) is 0 Å². The predicted octanol–water partition coefficient (Wildman–Crippen LogP) is -2.10. The average Bonchev–Trinajstić information content (AvgIpc) is 1.94. The number of hydrogen-bond acceptors (Lipinski definition) is 1. The van der Waals surface area contributed by atoms with Gasteiger partial charge < -0.3 is 0 Å². The SMILES string of the molecule is O=C(O)c1cccc([AsH2])c1[AsH2]. The first-order valence-corrected chi connectivity index (χ1v) is 5.42. The van der Waals surface area contributed by atoms with Gasteiger partial charge in [0.15, 0.2) is 0 Å². The Balaban J connectivity index is 3.27. The zero-order valence-electron chi connectivity index (χ0n) is 5.74. The van der Waals surface area contributed by atoms with Crippen LogP contribution in [0.4, 0.5) is 0 Å². The van der Waals surface area contributed by atoms with Gasteiger partial charge in [0.05, 0.1) is 0 Å². The molecule has 0 fully saturated rings. The summed E-state index contributed by atoms with van der Waals surface area (Å²) in [6.07, 6.45) is 0. The molecule has 1 aromatic rings. The predicted molar refractivity (Wildman–Crippen MR) is 49.8 cm³/mol. The van der Waals surface area contributed by atoms with Gasteiger partial charge in [-0.15, -0.1) is 0 Å². The van der Waals surface area contributed by atoms with Crippen molar-refractivity contribution in [3.05, 3.63) is 23.8 Å². The summed E-state index contributed by atoms with van der Waals surface area (Å²) < 4.78 is 2.05. The Morgan fingerprint density at radius 3 is 2.45 bits per heavy atom. The second-order valence-corrected chi connectivity index (χ2v) is 4.63. The molecule has 0 aromatic heterocycles. The van der Waals surface area contributed by atoms with Crippen LogP contribution in [0.1, 0.15) is 10.4 Å². The summed E-state index contributed by atoms with van der Waals surface area (Å²) in [6.45, 7) is 0. The normalized spacial score (nSPS) is 9.64. The van der Waals surface area contributed by atoms with E-state index in [1.165, 1.54) is 33.7 Å². The van der Waals surface area contributed by atoms with Crippen molar-refractivity contribution in [3.8, 4) is 0 Å². The van der Waals surface area contributed by atoms with Gasteiger partial charge in [-0.1, -0.05) is 0 Å². The fourth-order valence-corrected chi connectivity index (χ4v) is 1.99. The number of carboxylic acid groups (broad SMARTS) is 1. The van der Waals surface area contributed by atoms with Crippen molar-refractivity contribution < 1.29 is 9.90 Å². The van der Waals surface area contributed by atoms with Gasteiger partial charge in [0.2, 0.25) is 0 Å². The molecule has 0 aliphatic heterocycles. The van der Waals surface area contributed by atoms with E-state index in [0.29, 0.717) is 5.56 Å². The van der Waals surface area contributed by atoms with Gasteiger partial charge in [-0.25, -0.2) is 0 Å². The number of benzene rings is 1. The Morgan fingerprint density at radius 2 is 2.00 bits per heavy atom. The topological polar surface area (TPSA) is 37.3 Å². The summed E-state index contributed by atoms with van der Waals surface area (Å²) >= 11 is 2.84. The molecule has 0 radical (unpaired) electrons. The first-order valence-electron chi connectivity index (χ1n) is 3.00. The van der Waals surface area contributed by atoms with E-state index in [4.69, 9.17) is 5.11 Å². The van der Waals surface area contributed by atoms with Gasteiger partial charge in [-0.2, -0.15) is 0 Å². The third kappa shape index (κ3) is 1.88. The molecule has 58 valence electrons. The van der Waals surface area contributed by atoms with Crippen molar-refractivity contribution in [2.24, 2.45) is 0 Å². The second kappa shape index (κ2) is 3.47. The first kappa shape index (κ1) is 8.90. The van der Waals surface area contributed by atoms with E-state index < -0.39 is 5.97 Å². The van der Waals surface area contributed by atoms with Crippen LogP contribution in [-0.2, 0) is 0 Å². The Bertz CT molecular complexity index is 296. The van der Waals surface area contributed by atoms with E-state index in [1.54, 1.807) is 12.1 Å². The minimum absolute atomic E-state index is 0.437. The third-order valence-electron chi connectivity index (χ3n) is 1.37. The van der Waals surface area contributed by atoms with Crippen molar-refractivity contribution in [1.82, 2.24) is 0 Å². The van der Waals surface area contributed by atoms with E-state index >= 15 is 0 Å².